The Bertz CT molecular complexity index is 379. The van der Waals surface area contributed by atoms with E-state index in [0.29, 0.717) is 18.9 Å². The summed E-state index contributed by atoms with van der Waals surface area (Å²) in [6, 6.07) is 0.706. The lowest BCUT2D eigenvalue weighted by Gasteiger charge is -2.33. The Morgan fingerprint density at radius 2 is 1.89 bits per heavy atom. The molecule has 1 aliphatic carbocycles. The first kappa shape index (κ1) is 12.7. The third-order valence-corrected chi connectivity index (χ3v) is 4.74. The van der Waals surface area contributed by atoms with E-state index in [2.05, 4.69) is 5.32 Å². The first-order chi connectivity index (χ1) is 9.16. The zero-order chi connectivity index (χ0) is 13.4. The van der Waals surface area contributed by atoms with Crippen LogP contribution in [0.25, 0.3) is 0 Å². The van der Waals surface area contributed by atoms with Gasteiger partial charge >= 0.3 is 12.0 Å². The van der Waals surface area contributed by atoms with E-state index in [0.717, 1.165) is 39.0 Å². The van der Waals surface area contributed by atoms with Gasteiger partial charge in [-0.3, -0.25) is 4.79 Å². The molecule has 106 valence electrons. The van der Waals surface area contributed by atoms with Crippen molar-refractivity contribution in [1.29, 1.82) is 0 Å². The van der Waals surface area contributed by atoms with E-state index in [1.54, 1.807) is 0 Å². The van der Waals surface area contributed by atoms with E-state index in [4.69, 9.17) is 5.11 Å². The van der Waals surface area contributed by atoms with Gasteiger partial charge in [-0.2, -0.15) is 0 Å². The third kappa shape index (κ3) is 2.29. The number of piperazine rings is 1. The second-order valence-electron chi connectivity index (χ2n) is 5.83. The van der Waals surface area contributed by atoms with Crippen molar-refractivity contribution in [2.45, 2.75) is 37.8 Å². The van der Waals surface area contributed by atoms with Gasteiger partial charge in [-0.25, -0.2) is 4.79 Å². The van der Waals surface area contributed by atoms with Crippen LogP contribution in [0.4, 0.5) is 4.79 Å². The van der Waals surface area contributed by atoms with Crippen LogP contribution in [0.1, 0.15) is 25.7 Å². The van der Waals surface area contributed by atoms with Gasteiger partial charge in [0.25, 0.3) is 0 Å². The monoisotopic (exact) mass is 267 g/mol. The van der Waals surface area contributed by atoms with Gasteiger partial charge in [0.15, 0.2) is 0 Å². The minimum atomic E-state index is -0.687. The number of carboxylic acid groups (broad SMARTS) is 1. The topological polar surface area (TPSA) is 72.9 Å². The highest BCUT2D eigenvalue weighted by Gasteiger charge is 2.42. The van der Waals surface area contributed by atoms with Crippen molar-refractivity contribution in [2.75, 3.05) is 26.2 Å². The highest BCUT2D eigenvalue weighted by atomic mass is 16.4. The second-order valence-corrected chi connectivity index (χ2v) is 5.83. The summed E-state index contributed by atoms with van der Waals surface area (Å²) in [7, 11) is 0. The summed E-state index contributed by atoms with van der Waals surface area (Å²) in [5.41, 5.74) is 0. The molecule has 3 aliphatic rings. The zero-order valence-electron chi connectivity index (χ0n) is 11.0. The molecule has 0 aromatic rings. The van der Waals surface area contributed by atoms with Crippen molar-refractivity contribution in [2.24, 2.45) is 5.92 Å². The van der Waals surface area contributed by atoms with E-state index in [-0.39, 0.29) is 18.0 Å². The number of nitrogens with zero attached hydrogens (tertiary/aromatic N) is 2. The zero-order valence-corrected chi connectivity index (χ0v) is 11.0. The lowest BCUT2D eigenvalue weighted by molar-refractivity contribution is -0.143. The molecule has 0 spiro atoms. The molecule has 19 heavy (non-hydrogen) atoms. The molecule has 0 aromatic heterocycles. The van der Waals surface area contributed by atoms with Crippen molar-refractivity contribution in [1.82, 2.24) is 15.1 Å². The van der Waals surface area contributed by atoms with Crippen LogP contribution < -0.4 is 5.32 Å². The minimum Gasteiger partial charge on any atom is -0.481 e. The van der Waals surface area contributed by atoms with Crippen LogP contribution in [0.5, 0.6) is 0 Å². The Labute approximate surface area is 112 Å². The van der Waals surface area contributed by atoms with Gasteiger partial charge < -0.3 is 20.2 Å². The molecular formula is C13H21N3O3. The minimum absolute atomic E-state index is 0.158. The highest BCUT2D eigenvalue weighted by molar-refractivity contribution is 5.78. The van der Waals surface area contributed by atoms with E-state index in [1.807, 2.05) is 9.80 Å². The van der Waals surface area contributed by atoms with Crippen molar-refractivity contribution in [3.63, 3.8) is 0 Å². The van der Waals surface area contributed by atoms with Crippen molar-refractivity contribution < 1.29 is 14.7 Å². The molecule has 0 radical (unpaired) electrons. The summed E-state index contributed by atoms with van der Waals surface area (Å²) in [5, 5.41) is 12.3. The molecule has 0 bridgehead atoms. The Balaban J connectivity index is 1.61. The Morgan fingerprint density at radius 3 is 2.53 bits per heavy atom. The van der Waals surface area contributed by atoms with Gasteiger partial charge in [-0.1, -0.05) is 0 Å². The van der Waals surface area contributed by atoms with Crippen molar-refractivity contribution >= 4 is 12.0 Å². The summed E-state index contributed by atoms with van der Waals surface area (Å²) >= 11 is 0. The maximum atomic E-state index is 12.4. The molecule has 3 fully saturated rings. The fraction of sp³-hybridized carbons (Fsp3) is 0.846. The average molecular weight is 267 g/mol. The SMILES string of the molecule is O=C1N2CCNCC2CN1[C@H]1CC[C@@H](C(=O)O)CC1. The standard InChI is InChI=1S/C13H21N3O3/c17-12(18)9-1-3-10(4-2-9)16-8-11-7-14-5-6-15(11)13(16)19/h9-11,14H,1-8H2,(H,17,18)/t9-,10+,11?. The normalized spacial score (nSPS) is 35.4. The lowest BCUT2D eigenvalue weighted by Crippen LogP contribution is -2.50. The van der Waals surface area contributed by atoms with Crippen molar-refractivity contribution in [3.05, 3.63) is 0 Å². The summed E-state index contributed by atoms with van der Waals surface area (Å²) in [6.45, 7) is 3.35. The van der Waals surface area contributed by atoms with Gasteiger partial charge in [0.2, 0.25) is 0 Å². The number of aliphatic carboxylic acids is 1. The van der Waals surface area contributed by atoms with Crippen LogP contribution in [0.15, 0.2) is 0 Å². The number of nitrogens with one attached hydrogen (secondary N) is 1. The first-order valence-electron chi connectivity index (χ1n) is 7.17. The summed E-state index contributed by atoms with van der Waals surface area (Å²) in [4.78, 5) is 27.3. The molecule has 3 rings (SSSR count). The van der Waals surface area contributed by atoms with Gasteiger partial charge in [0, 0.05) is 32.2 Å². The van der Waals surface area contributed by atoms with Crippen LogP contribution in [-0.2, 0) is 4.79 Å². The maximum absolute atomic E-state index is 12.4. The number of hydrogen-bond donors (Lipinski definition) is 2. The number of amides is 2. The predicted molar refractivity (Wildman–Crippen MR) is 68.8 cm³/mol. The molecular weight excluding hydrogens is 246 g/mol. The number of fused-ring (bicyclic) bond motifs is 1. The van der Waals surface area contributed by atoms with Gasteiger partial charge in [0.1, 0.15) is 0 Å². The molecule has 6 nitrogen and oxygen atoms in total. The Kier molecular flexibility index (Phi) is 3.35. The highest BCUT2D eigenvalue weighted by Crippen LogP contribution is 2.31. The van der Waals surface area contributed by atoms with Crippen molar-refractivity contribution in [3.8, 4) is 0 Å². The average Bonchev–Trinajstić information content (AvgIpc) is 2.77. The third-order valence-electron chi connectivity index (χ3n) is 4.74. The predicted octanol–water partition coefficient (Wildman–Crippen LogP) is 0.339. The van der Waals surface area contributed by atoms with E-state index in [9.17, 15) is 9.59 Å². The van der Waals surface area contributed by atoms with E-state index < -0.39 is 5.97 Å². The molecule has 2 amide bonds. The largest absolute Gasteiger partial charge is 0.481 e. The first-order valence-corrected chi connectivity index (χ1v) is 7.17. The van der Waals surface area contributed by atoms with Crippen LogP contribution in [0.2, 0.25) is 0 Å². The Morgan fingerprint density at radius 1 is 1.16 bits per heavy atom. The fourth-order valence-electron chi connectivity index (χ4n) is 3.59. The molecule has 1 saturated carbocycles. The fourth-order valence-corrected chi connectivity index (χ4v) is 3.59. The molecule has 1 unspecified atom stereocenters. The smallest absolute Gasteiger partial charge is 0.320 e. The van der Waals surface area contributed by atoms with Gasteiger partial charge in [-0.05, 0) is 25.7 Å². The molecule has 2 heterocycles. The number of urea groups is 1. The van der Waals surface area contributed by atoms with Crippen LogP contribution in [0.3, 0.4) is 0 Å². The number of carboxylic acids is 1. The van der Waals surface area contributed by atoms with Gasteiger partial charge in [-0.15, -0.1) is 0 Å². The number of carbonyl (C=O) groups excluding carboxylic acids is 1. The summed E-state index contributed by atoms with van der Waals surface area (Å²) in [6.07, 6.45) is 3.06. The lowest BCUT2D eigenvalue weighted by atomic mass is 9.85. The van der Waals surface area contributed by atoms with Crippen LogP contribution in [-0.4, -0.2) is 65.2 Å². The molecule has 2 N–H and O–H groups in total. The number of rotatable bonds is 2. The molecule has 2 saturated heterocycles. The quantitative estimate of drug-likeness (QED) is 0.756. The molecule has 6 heteroatoms. The van der Waals surface area contributed by atoms with Crippen LogP contribution in [0, 0.1) is 5.92 Å². The molecule has 0 aromatic carbocycles. The maximum Gasteiger partial charge on any atom is 0.320 e. The number of hydrogen-bond acceptors (Lipinski definition) is 3. The molecule has 2 aliphatic heterocycles. The Hall–Kier alpha value is -1.30. The van der Waals surface area contributed by atoms with Crippen LogP contribution >= 0.6 is 0 Å². The van der Waals surface area contributed by atoms with E-state index >= 15 is 0 Å². The summed E-state index contributed by atoms with van der Waals surface area (Å²) < 4.78 is 0. The van der Waals surface area contributed by atoms with Gasteiger partial charge in [0.05, 0.1) is 12.0 Å². The summed E-state index contributed by atoms with van der Waals surface area (Å²) in [5.74, 6) is -0.897. The van der Waals surface area contributed by atoms with E-state index in [1.165, 1.54) is 0 Å². The molecule has 1 atom stereocenters. The second kappa shape index (κ2) is 5.00. The number of carbonyl (C=O) groups is 2.